The summed E-state index contributed by atoms with van der Waals surface area (Å²) in [6.07, 6.45) is 3.87. The first-order valence-electron chi connectivity index (χ1n) is 13.4. The molecule has 0 atom stereocenters. The SMILES string of the molecule is COCCNC(=O)c1ccc2nn(CC3CCN(C(=O)c4ccc(Oc5ccccc5)cc4)CC3)cc2c1C. The van der Waals surface area contributed by atoms with E-state index in [0.717, 1.165) is 54.7 Å². The van der Waals surface area contributed by atoms with Gasteiger partial charge in [-0.1, -0.05) is 18.2 Å². The summed E-state index contributed by atoms with van der Waals surface area (Å²) in [5, 5.41) is 8.63. The van der Waals surface area contributed by atoms with Crippen LogP contribution in [-0.4, -0.2) is 59.8 Å². The van der Waals surface area contributed by atoms with Gasteiger partial charge in [-0.15, -0.1) is 0 Å². The van der Waals surface area contributed by atoms with E-state index in [1.54, 1.807) is 7.11 Å². The number of nitrogens with zero attached hydrogens (tertiary/aromatic N) is 3. The van der Waals surface area contributed by atoms with Crippen molar-refractivity contribution in [1.29, 1.82) is 0 Å². The molecule has 2 heterocycles. The summed E-state index contributed by atoms with van der Waals surface area (Å²) >= 11 is 0. The molecule has 0 unspecified atom stereocenters. The van der Waals surface area contributed by atoms with Gasteiger partial charge < -0.3 is 19.7 Å². The van der Waals surface area contributed by atoms with Crippen molar-refractivity contribution < 1.29 is 19.1 Å². The summed E-state index contributed by atoms with van der Waals surface area (Å²) in [5.41, 5.74) is 3.14. The maximum absolute atomic E-state index is 13.1. The van der Waals surface area contributed by atoms with E-state index in [-0.39, 0.29) is 11.8 Å². The van der Waals surface area contributed by atoms with Gasteiger partial charge in [0.25, 0.3) is 11.8 Å². The number of aryl methyl sites for hydroxylation is 1. The Morgan fingerprint density at radius 2 is 1.69 bits per heavy atom. The lowest BCUT2D eigenvalue weighted by Gasteiger charge is -2.32. The number of ether oxygens (including phenoxy) is 2. The fourth-order valence-corrected chi connectivity index (χ4v) is 5.04. The Hall–Kier alpha value is -4.17. The Kier molecular flexibility index (Phi) is 8.22. The first kappa shape index (κ1) is 26.4. The highest BCUT2D eigenvalue weighted by Crippen LogP contribution is 2.26. The van der Waals surface area contributed by atoms with Crippen LogP contribution in [0.5, 0.6) is 11.5 Å². The van der Waals surface area contributed by atoms with Crippen LogP contribution in [0.3, 0.4) is 0 Å². The van der Waals surface area contributed by atoms with Crippen molar-refractivity contribution in [2.75, 3.05) is 33.4 Å². The Morgan fingerprint density at radius 3 is 2.41 bits per heavy atom. The number of rotatable bonds is 9. The molecule has 2 amide bonds. The predicted octanol–water partition coefficient (Wildman–Crippen LogP) is 5.07. The third-order valence-corrected chi connectivity index (χ3v) is 7.27. The number of hydrogen-bond donors (Lipinski definition) is 1. The molecule has 202 valence electrons. The van der Waals surface area contributed by atoms with E-state index in [0.29, 0.717) is 35.9 Å². The molecule has 1 saturated heterocycles. The van der Waals surface area contributed by atoms with Crippen molar-refractivity contribution in [3.05, 3.63) is 89.6 Å². The zero-order valence-electron chi connectivity index (χ0n) is 22.4. The second-order valence-corrected chi connectivity index (χ2v) is 9.95. The number of carbonyl (C=O) groups is 2. The monoisotopic (exact) mass is 526 g/mol. The quantitative estimate of drug-likeness (QED) is 0.308. The van der Waals surface area contributed by atoms with Crippen molar-refractivity contribution in [3.63, 3.8) is 0 Å². The second kappa shape index (κ2) is 12.1. The lowest BCUT2D eigenvalue weighted by Crippen LogP contribution is -2.39. The standard InChI is InChI=1S/C31H34N4O4/c1-22-27(30(36)32-16-19-38-2)12-13-29-28(22)21-35(33-29)20-23-14-17-34(18-15-23)31(37)24-8-10-26(11-9-24)39-25-6-4-3-5-7-25/h3-13,21,23H,14-20H2,1-2H3,(H,32,36). The minimum atomic E-state index is -0.102. The second-order valence-electron chi connectivity index (χ2n) is 9.95. The van der Waals surface area contributed by atoms with Gasteiger partial charge in [-0.05, 0) is 79.8 Å². The largest absolute Gasteiger partial charge is 0.457 e. The number of benzene rings is 3. The first-order valence-corrected chi connectivity index (χ1v) is 13.4. The van der Waals surface area contributed by atoms with Crippen LogP contribution in [0.2, 0.25) is 0 Å². The van der Waals surface area contributed by atoms with Crippen molar-refractivity contribution >= 4 is 22.7 Å². The highest BCUT2D eigenvalue weighted by molar-refractivity contribution is 6.00. The van der Waals surface area contributed by atoms with Gasteiger partial charge in [-0.3, -0.25) is 14.3 Å². The third kappa shape index (κ3) is 6.29. The average molecular weight is 527 g/mol. The van der Waals surface area contributed by atoms with Gasteiger partial charge in [-0.2, -0.15) is 5.10 Å². The van der Waals surface area contributed by atoms with Crippen molar-refractivity contribution in [2.45, 2.75) is 26.3 Å². The van der Waals surface area contributed by atoms with Crippen LogP contribution in [0, 0.1) is 12.8 Å². The number of piperidine rings is 1. The molecule has 4 aromatic rings. The summed E-state index contributed by atoms with van der Waals surface area (Å²) in [4.78, 5) is 27.6. The Morgan fingerprint density at radius 1 is 0.974 bits per heavy atom. The molecule has 39 heavy (non-hydrogen) atoms. The summed E-state index contributed by atoms with van der Waals surface area (Å²) in [7, 11) is 1.61. The Labute approximate surface area is 228 Å². The first-order chi connectivity index (χ1) is 19.0. The van der Waals surface area contributed by atoms with E-state index in [9.17, 15) is 9.59 Å². The van der Waals surface area contributed by atoms with Gasteiger partial charge in [0.05, 0.1) is 12.1 Å². The molecule has 3 aromatic carbocycles. The molecule has 8 nitrogen and oxygen atoms in total. The van der Waals surface area contributed by atoms with Gasteiger partial charge >= 0.3 is 0 Å². The molecular formula is C31H34N4O4. The summed E-state index contributed by atoms with van der Waals surface area (Å²) in [6, 6.07) is 20.7. The average Bonchev–Trinajstić information content (AvgIpc) is 3.38. The van der Waals surface area contributed by atoms with Crippen molar-refractivity contribution in [3.8, 4) is 11.5 Å². The summed E-state index contributed by atoms with van der Waals surface area (Å²) < 4.78 is 12.8. The lowest BCUT2D eigenvalue weighted by atomic mass is 9.96. The van der Waals surface area contributed by atoms with Crippen LogP contribution in [0.4, 0.5) is 0 Å². The molecule has 1 aromatic heterocycles. The topological polar surface area (TPSA) is 85.7 Å². The number of amides is 2. The highest BCUT2D eigenvalue weighted by atomic mass is 16.5. The van der Waals surface area contributed by atoms with E-state index >= 15 is 0 Å². The Balaban J connectivity index is 1.15. The van der Waals surface area contributed by atoms with Crippen LogP contribution in [0.15, 0.2) is 72.9 Å². The molecule has 0 bridgehead atoms. The zero-order valence-corrected chi connectivity index (χ0v) is 22.4. The van der Waals surface area contributed by atoms with E-state index in [2.05, 4.69) is 5.32 Å². The van der Waals surface area contributed by atoms with E-state index in [1.165, 1.54) is 0 Å². The molecule has 1 aliphatic heterocycles. The zero-order chi connectivity index (χ0) is 27.2. The molecule has 1 aliphatic rings. The summed E-state index contributed by atoms with van der Waals surface area (Å²) in [5.74, 6) is 1.85. The number of para-hydroxylation sites is 1. The van der Waals surface area contributed by atoms with Crippen LogP contribution in [0.25, 0.3) is 10.9 Å². The molecule has 0 radical (unpaired) electrons. The number of nitrogens with one attached hydrogen (secondary N) is 1. The van der Waals surface area contributed by atoms with E-state index in [1.807, 2.05) is 89.4 Å². The number of aromatic nitrogens is 2. The van der Waals surface area contributed by atoms with Crippen LogP contribution >= 0.6 is 0 Å². The lowest BCUT2D eigenvalue weighted by molar-refractivity contribution is 0.0681. The molecular weight excluding hydrogens is 492 g/mol. The minimum Gasteiger partial charge on any atom is -0.457 e. The van der Waals surface area contributed by atoms with Crippen LogP contribution in [-0.2, 0) is 11.3 Å². The number of hydrogen-bond acceptors (Lipinski definition) is 5. The fraction of sp³-hybridized carbons (Fsp3) is 0.323. The molecule has 5 rings (SSSR count). The van der Waals surface area contributed by atoms with Gasteiger partial charge in [0, 0.05) is 56.0 Å². The molecule has 0 aliphatic carbocycles. The van der Waals surface area contributed by atoms with E-state index < -0.39 is 0 Å². The fourth-order valence-electron chi connectivity index (χ4n) is 5.04. The third-order valence-electron chi connectivity index (χ3n) is 7.27. The molecule has 1 N–H and O–H groups in total. The van der Waals surface area contributed by atoms with Crippen LogP contribution in [0.1, 0.15) is 39.1 Å². The number of fused-ring (bicyclic) bond motifs is 1. The van der Waals surface area contributed by atoms with Crippen LogP contribution < -0.4 is 10.1 Å². The normalized spacial score (nSPS) is 13.9. The molecule has 8 heteroatoms. The molecule has 0 saturated carbocycles. The van der Waals surface area contributed by atoms with Gasteiger partial charge in [0.15, 0.2) is 0 Å². The van der Waals surface area contributed by atoms with Gasteiger partial charge in [0.1, 0.15) is 11.5 Å². The molecule has 1 fully saturated rings. The maximum Gasteiger partial charge on any atom is 0.253 e. The predicted molar refractivity (Wildman–Crippen MR) is 150 cm³/mol. The highest BCUT2D eigenvalue weighted by Gasteiger charge is 2.24. The van der Waals surface area contributed by atoms with Gasteiger partial charge in [-0.25, -0.2) is 0 Å². The summed E-state index contributed by atoms with van der Waals surface area (Å²) in [6.45, 7) is 5.14. The van der Waals surface area contributed by atoms with Crippen molar-refractivity contribution in [1.82, 2.24) is 20.0 Å². The number of likely N-dealkylation sites (tertiary alicyclic amines) is 1. The number of methoxy groups -OCH3 is 1. The maximum atomic E-state index is 13.1. The minimum absolute atomic E-state index is 0.0523. The Bertz CT molecular complexity index is 1420. The smallest absolute Gasteiger partial charge is 0.253 e. The number of carbonyl (C=O) groups excluding carboxylic acids is 2. The molecule has 0 spiro atoms. The van der Waals surface area contributed by atoms with Crippen molar-refractivity contribution in [2.24, 2.45) is 5.92 Å². The van der Waals surface area contributed by atoms with E-state index in [4.69, 9.17) is 14.6 Å². The van der Waals surface area contributed by atoms with Gasteiger partial charge in [0.2, 0.25) is 0 Å².